The lowest BCUT2D eigenvalue weighted by atomic mass is 10.2. The Morgan fingerprint density at radius 1 is 1.18 bits per heavy atom. The molecule has 2 aromatic rings. The summed E-state index contributed by atoms with van der Waals surface area (Å²) in [5.41, 5.74) is 1.18. The molecule has 2 rings (SSSR count). The second-order valence-electron chi connectivity index (χ2n) is 3.44. The number of esters is 1. The summed E-state index contributed by atoms with van der Waals surface area (Å²) in [6, 6.07) is 5.28. The first-order chi connectivity index (χ1) is 8.21. The predicted molar refractivity (Wildman–Crippen MR) is 62.7 cm³/mol. The Hall–Kier alpha value is -2.17. The van der Waals surface area contributed by atoms with Crippen molar-refractivity contribution in [3.05, 3.63) is 23.9 Å². The Morgan fingerprint density at radius 2 is 1.94 bits per heavy atom. The monoisotopic (exact) mass is 235 g/mol. The lowest BCUT2D eigenvalue weighted by Gasteiger charge is -2.07. The number of ether oxygens (including phenoxy) is 3. The van der Waals surface area contributed by atoms with Crippen LogP contribution in [0.3, 0.4) is 0 Å². The van der Waals surface area contributed by atoms with Crippen LogP contribution < -0.4 is 9.47 Å². The topological polar surface area (TPSA) is 60.6 Å². The number of carbonyl (C=O) groups is 1. The van der Waals surface area contributed by atoms with Crippen molar-refractivity contribution in [2.24, 2.45) is 0 Å². The van der Waals surface area contributed by atoms with E-state index in [-0.39, 0.29) is 0 Å². The van der Waals surface area contributed by atoms with Gasteiger partial charge in [-0.15, -0.1) is 0 Å². The number of aromatic amines is 1. The fraction of sp³-hybridized carbons (Fsp3) is 0.250. The first kappa shape index (κ1) is 11.3. The fourth-order valence-electron chi connectivity index (χ4n) is 1.75. The van der Waals surface area contributed by atoms with Crippen molar-refractivity contribution in [2.75, 3.05) is 21.3 Å². The van der Waals surface area contributed by atoms with Crippen molar-refractivity contribution in [2.45, 2.75) is 0 Å². The first-order valence-corrected chi connectivity index (χ1v) is 5.03. The van der Waals surface area contributed by atoms with Gasteiger partial charge in [0.15, 0.2) is 11.5 Å². The van der Waals surface area contributed by atoms with E-state index in [0.717, 1.165) is 10.9 Å². The molecule has 0 atom stereocenters. The second kappa shape index (κ2) is 4.37. The minimum absolute atomic E-state index is 0.383. The highest BCUT2D eigenvalue weighted by Gasteiger charge is 2.15. The summed E-state index contributed by atoms with van der Waals surface area (Å²) < 4.78 is 15.1. The standard InChI is InChI=1S/C12H13NO4/c1-15-10-5-4-8-7(11(10)16-2)6-9(13-8)12(14)17-3/h4-6,13H,1-3H3. The minimum Gasteiger partial charge on any atom is -0.493 e. The van der Waals surface area contributed by atoms with E-state index in [1.54, 1.807) is 26.4 Å². The number of hydrogen-bond donors (Lipinski definition) is 1. The third-order valence-corrected chi connectivity index (χ3v) is 2.55. The highest BCUT2D eigenvalue weighted by Crippen LogP contribution is 2.35. The molecule has 0 aliphatic rings. The van der Waals surface area contributed by atoms with E-state index in [1.807, 2.05) is 6.07 Å². The van der Waals surface area contributed by atoms with E-state index in [0.29, 0.717) is 17.2 Å². The minimum atomic E-state index is -0.415. The van der Waals surface area contributed by atoms with Crippen molar-refractivity contribution in [1.29, 1.82) is 0 Å². The summed E-state index contributed by atoms with van der Waals surface area (Å²) in [5.74, 6) is 0.800. The molecule has 0 saturated carbocycles. The quantitative estimate of drug-likeness (QED) is 0.826. The Morgan fingerprint density at radius 3 is 2.53 bits per heavy atom. The van der Waals surface area contributed by atoms with E-state index in [4.69, 9.17) is 9.47 Å². The lowest BCUT2D eigenvalue weighted by Crippen LogP contribution is -2.00. The van der Waals surface area contributed by atoms with Crippen molar-refractivity contribution in [3.8, 4) is 11.5 Å². The van der Waals surface area contributed by atoms with Gasteiger partial charge in [0.1, 0.15) is 5.69 Å². The van der Waals surface area contributed by atoms with E-state index in [2.05, 4.69) is 9.72 Å². The van der Waals surface area contributed by atoms with Crippen LogP contribution >= 0.6 is 0 Å². The molecular formula is C12H13NO4. The molecule has 0 radical (unpaired) electrons. The van der Waals surface area contributed by atoms with Gasteiger partial charge in [-0.3, -0.25) is 0 Å². The number of methoxy groups -OCH3 is 3. The maximum atomic E-state index is 11.4. The van der Waals surface area contributed by atoms with Crippen molar-refractivity contribution >= 4 is 16.9 Å². The average molecular weight is 235 g/mol. The van der Waals surface area contributed by atoms with Gasteiger partial charge in [-0.2, -0.15) is 0 Å². The lowest BCUT2D eigenvalue weighted by molar-refractivity contribution is 0.0595. The number of carbonyl (C=O) groups excluding carboxylic acids is 1. The molecule has 0 bridgehead atoms. The van der Waals surface area contributed by atoms with Gasteiger partial charge in [0.25, 0.3) is 0 Å². The largest absolute Gasteiger partial charge is 0.493 e. The molecule has 1 heterocycles. The smallest absolute Gasteiger partial charge is 0.354 e. The fourth-order valence-corrected chi connectivity index (χ4v) is 1.75. The number of H-pyrrole nitrogens is 1. The summed E-state index contributed by atoms with van der Waals surface area (Å²) >= 11 is 0. The molecule has 1 aromatic carbocycles. The van der Waals surface area contributed by atoms with Crippen LogP contribution in [-0.2, 0) is 4.74 Å². The molecule has 5 heteroatoms. The normalized spacial score (nSPS) is 10.3. The van der Waals surface area contributed by atoms with Crippen molar-refractivity contribution in [1.82, 2.24) is 4.98 Å². The summed E-state index contributed by atoms with van der Waals surface area (Å²) in [6.07, 6.45) is 0. The summed E-state index contributed by atoms with van der Waals surface area (Å²) in [5, 5.41) is 0.784. The number of hydrogen-bond acceptors (Lipinski definition) is 4. The zero-order valence-corrected chi connectivity index (χ0v) is 9.87. The van der Waals surface area contributed by atoms with Crippen LogP contribution in [0.4, 0.5) is 0 Å². The van der Waals surface area contributed by atoms with E-state index < -0.39 is 5.97 Å². The molecule has 0 unspecified atom stereocenters. The van der Waals surface area contributed by atoms with Gasteiger partial charge in [0.2, 0.25) is 0 Å². The number of benzene rings is 1. The summed E-state index contributed by atoms with van der Waals surface area (Å²) in [7, 11) is 4.46. The van der Waals surface area contributed by atoms with Crippen LogP contribution in [0.15, 0.2) is 18.2 Å². The third kappa shape index (κ3) is 1.80. The van der Waals surface area contributed by atoms with Gasteiger partial charge in [-0.1, -0.05) is 0 Å². The predicted octanol–water partition coefficient (Wildman–Crippen LogP) is 1.97. The van der Waals surface area contributed by atoms with Gasteiger partial charge in [-0.05, 0) is 18.2 Å². The SMILES string of the molecule is COC(=O)c1cc2c(OC)c(OC)ccc2[nH]1. The van der Waals surface area contributed by atoms with Gasteiger partial charge in [-0.25, -0.2) is 4.79 Å². The maximum Gasteiger partial charge on any atom is 0.354 e. The maximum absolute atomic E-state index is 11.4. The second-order valence-corrected chi connectivity index (χ2v) is 3.44. The van der Waals surface area contributed by atoms with Crippen LogP contribution in [0, 0.1) is 0 Å². The first-order valence-electron chi connectivity index (χ1n) is 5.03. The van der Waals surface area contributed by atoms with Gasteiger partial charge < -0.3 is 19.2 Å². The molecule has 5 nitrogen and oxygen atoms in total. The molecule has 0 aliphatic carbocycles. The third-order valence-electron chi connectivity index (χ3n) is 2.55. The number of aromatic nitrogens is 1. The number of nitrogens with one attached hydrogen (secondary N) is 1. The average Bonchev–Trinajstić information content (AvgIpc) is 2.80. The van der Waals surface area contributed by atoms with Crippen molar-refractivity contribution in [3.63, 3.8) is 0 Å². The van der Waals surface area contributed by atoms with E-state index in [1.165, 1.54) is 7.11 Å². The molecule has 0 aliphatic heterocycles. The zero-order valence-electron chi connectivity index (χ0n) is 9.87. The van der Waals surface area contributed by atoms with Crippen LogP contribution in [0.5, 0.6) is 11.5 Å². The molecule has 90 valence electrons. The van der Waals surface area contributed by atoms with Crippen LogP contribution in [0.2, 0.25) is 0 Å². The van der Waals surface area contributed by atoms with Crippen LogP contribution in [0.25, 0.3) is 10.9 Å². The molecule has 0 spiro atoms. The molecule has 0 saturated heterocycles. The van der Waals surface area contributed by atoms with Crippen LogP contribution in [0.1, 0.15) is 10.5 Å². The van der Waals surface area contributed by atoms with Gasteiger partial charge in [0.05, 0.1) is 26.8 Å². The Balaban J connectivity index is 2.64. The molecule has 1 N–H and O–H groups in total. The Kier molecular flexibility index (Phi) is 2.91. The van der Waals surface area contributed by atoms with Gasteiger partial charge in [0, 0.05) is 5.39 Å². The summed E-state index contributed by atoms with van der Waals surface area (Å²) in [6.45, 7) is 0. The highest BCUT2D eigenvalue weighted by molar-refractivity contribution is 5.98. The Labute approximate surface area is 98.3 Å². The molecular weight excluding hydrogens is 222 g/mol. The Bertz CT molecular complexity index is 559. The van der Waals surface area contributed by atoms with E-state index >= 15 is 0 Å². The molecule has 0 amide bonds. The van der Waals surface area contributed by atoms with E-state index in [9.17, 15) is 4.79 Å². The van der Waals surface area contributed by atoms with Gasteiger partial charge >= 0.3 is 5.97 Å². The molecule has 1 aromatic heterocycles. The summed E-state index contributed by atoms with van der Waals surface area (Å²) in [4.78, 5) is 14.4. The number of fused-ring (bicyclic) bond motifs is 1. The highest BCUT2D eigenvalue weighted by atomic mass is 16.5. The van der Waals surface area contributed by atoms with Crippen LogP contribution in [-0.4, -0.2) is 32.3 Å². The molecule has 0 fully saturated rings. The molecule has 17 heavy (non-hydrogen) atoms. The van der Waals surface area contributed by atoms with Crippen molar-refractivity contribution < 1.29 is 19.0 Å². The zero-order chi connectivity index (χ0) is 12.4. The number of rotatable bonds is 3.